The summed E-state index contributed by atoms with van der Waals surface area (Å²) in [6.07, 6.45) is 13.2. The van der Waals surface area contributed by atoms with Gasteiger partial charge in [-0.25, -0.2) is 18.7 Å². The third-order valence-electron chi connectivity index (χ3n) is 20.1. The highest BCUT2D eigenvalue weighted by Crippen LogP contribution is 2.30. The first kappa shape index (κ1) is 137. The molecule has 0 amide bonds. The van der Waals surface area contributed by atoms with Crippen LogP contribution in [-0.4, -0.2) is 105 Å². The quantitative estimate of drug-likeness (QED) is 0.149. The topological polar surface area (TPSA) is 243 Å². The van der Waals surface area contributed by atoms with Crippen molar-refractivity contribution in [2.45, 2.75) is 420 Å². The van der Waals surface area contributed by atoms with Gasteiger partial charge in [0.05, 0.1) is 31.4 Å². The molecule has 4 aromatic carbocycles. The first-order valence-electron chi connectivity index (χ1n) is 49.9. The van der Waals surface area contributed by atoms with E-state index in [-0.39, 0.29) is 90.0 Å². The standard InChI is InChI=1S/C12H18.C11H15F.C10H13F.C10H15N.C10H14.C9H13N.C8H14N2.C8H12N2.3C7H12N2O.C7H13NO.C7H14O2.C7H16O.CH4/c1-9-6-7-11(8-10(9)2)12(3,4)5;1-8-5-9(11(2,3)4)7-10(12)6-8;1-10(2,3)8-5-4-6-9(11)7-8;1-8-5-6-9(7-11-8)10(2,3)4;1-10(2,3)9-7-5-4-6-8-9;1-9(2,3)8-5-4-6-10-7-8;1-8(2,3)7-5-9-10(4)6-7;1-8(2,3)7-9-5-4-6-10-7;1-5-8-6(9-10-5)7(2,3)4;2*1-5-8-6(10-9-5)7(2,3)4;1-7(2,3)6-8-4-5-9-6;1-5-9-6(8)7(2,3)4;1-5-8-6-7(2,3)4;/h6-8H,1-5H3;5-7H,1-4H3;4-7H,1-3H3;5-7H,1-4H3;4-8H,1-3H3;4-7H,1-3H3;5-6H,1-4H3;4-6H,1-3H3;3*1-4H3;4-5H2,1-3H3;5H2,1-4H3;5-6H2,1-4H3;1H4. The van der Waals surface area contributed by atoms with Gasteiger partial charge in [0.25, 0.3) is 0 Å². The van der Waals surface area contributed by atoms with Gasteiger partial charge in [0.2, 0.25) is 17.7 Å². The molecule has 1 aliphatic heterocycles. The van der Waals surface area contributed by atoms with Crippen LogP contribution in [-0.2, 0) is 85.6 Å². The Kier molecular flexibility index (Phi) is 57.9. The molecule has 8 heterocycles. The van der Waals surface area contributed by atoms with Crippen molar-refractivity contribution in [1.29, 1.82) is 0 Å². The second kappa shape index (κ2) is 60.5. The van der Waals surface area contributed by atoms with Crippen molar-refractivity contribution in [1.82, 2.24) is 60.1 Å². The number of rotatable bonds is 3. The fourth-order valence-electron chi connectivity index (χ4n) is 10.8. The molecule has 11 aromatic rings. The number of carbonyl (C=O) groups is 1. The fraction of sp³-hybridized carbons (Fsp3) is 0.595. The zero-order valence-corrected chi connectivity index (χ0v) is 98.6. The lowest BCUT2D eigenvalue weighted by Crippen LogP contribution is -2.22. The number of nitrogens with zero attached hydrogens (tertiary/aromatic N) is 13. The maximum Gasteiger partial charge on any atom is 0.311 e. The first-order valence-corrected chi connectivity index (χ1v) is 49.9. The lowest BCUT2D eigenvalue weighted by Gasteiger charge is -2.19. The summed E-state index contributed by atoms with van der Waals surface area (Å²) in [4.78, 5) is 43.9. The van der Waals surface area contributed by atoms with Crippen LogP contribution < -0.4 is 0 Å². The van der Waals surface area contributed by atoms with Crippen molar-refractivity contribution in [2.75, 3.05) is 33.0 Å². The van der Waals surface area contributed by atoms with Gasteiger partial charge in [0.1, 0.15) is 24.1 Å². The Morgan fingerprint density at radius 3 is 1.09 bits per heavy atom. The van der Waals surface area contributed by atoms with Gasteiger partial charge in [-0.1, -0.05) is 372 Å². The number of benzene rings is 4. The van der Waals surface area contributed by atoms with Crippen LogP contribution in [0.3, 0.4) is 0 Å². The SMILES string of the molecule is C.CC(C)(C)C1=NCCO1.CC(C)(C)c1cccc(F)c1.CC(C)(C)c1ccccc1.CC(C)(C)c1cccnc1.CC(C)(C)c1ncccn1.CCOC(=O)C(C)(C)C.CCOCC(C)(C)C.Cc1cc(F)cc(C(C)(C)C)c1.Cc1ccc(C(C)(C)C)cc1C.Cc1ccc(C(C)(C)C)cn1.Cc1nc(C(C)(C)C)no1.Cc1noc(C(C)(C)C)n1.Cc1noc(C(C)(C)C)n1.Cn1cc(C(C)(C)C)cn1. The third kappa shape index (κ3) is 62.8. The van der Waals surface area contributed by atoms with Crippen LogP contribution in [0.5, 0.6) is 0 Å². The molecule has 0 N–H and O–H groups in total. The van der Waals surface area contributed by atoms with Crippen LogP contribution in [0.2, 0.25) is 0 Å². The summed E-state index contributed by atoms with van der Waals surface area (Å²) in [5.41, 5.74) is 15.1. The molecule has 0 atom stereocenters. The number of aliphatic imine (C=N–C) groups is 1. The molecule has 143 heavy (non-hydrogen) atoms. The molecule has 20 nitrogen and oxygen atoms in total. The van der Waals surface area contributed by atoms with Crippen molar-refractivity contribution in [3.8, 4) is 0 Å². The third-order valence-corrected chi connectivity index (χ3v) is 20.1. The van der Waals surface area contributed by atoms with Crippen LogP contribution >= 0.6 is 0 Å². The highest BCUT2D eigenvalue weighted by molar-refractivity contribution is 5.82. The minimum absolute atomic E-state index is 0. The molecule has 12 rings (SSSR count). The van der Waals surface area contributed by atoms with E-state index >= 15 is 0 Å². The minimum Gasteiger partial charge on any atom is -0.479 e. The number of hydrogen-bond donors (Lipinski definition) is 0. The molecule has 0 saturated heterocycles. The van der Waals surface area contributed by atoms with Gasteiger partial charge < -0.3 is 27.8 Å². The summed E-state index contributed by atoms with van der Waals surface area (Å²) >= 11 is 0. The van der Waals surface area contributed by atoms with Gasteiger partial charge in [0, 0.05) is 90.5 Å². The Morgan fingerprint density at radius 2 is 0.832 bits per heavy atom. The Morgan fingerprint density at radius 1 is 0.385 bits per heavy atom. The number of carbonyl (C=O) groups excluding carboxylic acids is 1. The van der Waals surface area contributed by atoms with Crippen molar-refractivity contribution < 1.29 is 41.4 Å². The van der Waals surface area contributed by atoms with E-state index in [9.17, 15) is 13.6 Å². The molecule has 0 spiro atoms. The molecule has 0 unspecified atom stereocenters. The molecule has 1 aliphatic rings. The first-order chi connectivity index (χ1) is 64.3. The second-order valence-electron chi connectivity index (χ2n) is 50.2. The van der Waals surface area contributed by atoms with Gasteiger partial charge in [-0.15, -0.1) is 0 Å². The van der Waals surface area contributed by atoms with E-state index in [0.717, 1.165) is 66.3 Å². The molecule has 7 aromatic heterocycles. The Labute approximate surface area is 868 Å². The summed E-state index contributed by atoms with van der Waals surface area (Å²) in [7, 11) is 1.94. The zero-order chi connectivity index (χ0) is 111. The van der Waals surface area contributed by atoms with Crippen LogP contribution in [0.15, 0.2) is 183 Å². The van der Waals surface area contributed by atoms with E-state index < -0.39 is 0 Å². The molecular formula is C121H197F2N13O7. The highest BCUT2D eigenvalue weighted by atomic mass is 19.1. The van der Waals surface area contributed by atoms with Gasteiger partial charge in [-0.2, -0.15) is 20.1 Å². The van der Waals surface area contributed by atoms with E-state index in [1.54, 1.807) is 49.8 Å². The molecule has 22 heteroatoms. The predicted molar refractivity (Wildman–Crippen MR) is 598 cm³/mol. The zero-order valence-electron chi connectivity index (χ0n) is 98.6. The fourth-order valence-corrected chi connectivity index (χ4v) is 10.8. The largest absolute Gasteiger partial charge is 0.479 e. The number of halogens is 2. The highest BCUT2D eigenvalue weighted by Gasteiger charge is 2.27. The Hall–Kier alpha value is -10.3. The molecule has 0 bridgehead atoms. The molecule has 0 saturated carbocycles. The maximum atomic E-state index is 13.0. The number of ether oxygens (including phenoxy) is 3. The number of aromatic nitrogens is 12. The van der Waals surface area contributed by atoms with Gasteiger partial charge in [0.15, 0.2) is 23.4 Å². The monoisotopic (exact) mass is 1980 g/mol. The van der Waals surface area contributed by atoms with Crippen molar-refractivity contribution in [3.63, 3.8) is 0 Å². The van der Waals surface area contributed by atoms with Crippen LogP contribution in [0.1, 0.15) is 414 Å². The van der Waals surface area contributed by atoms with Crippen molar-refractivity contribution in [3.05, 3.63) is 279 Å². The molecule has 0 radical (unpaired) electrons. The molecule has 802 valence electrons. The molecule has 0 aliphatic carbocycles. The van der Waals surface area contributed by atoms with E-state index in [1.165, 1.54) is 45.0 Å². The summed E-state index contributed by atoms with van der Waals surface area (Å²) in [5.74, 6) is 5.57. The average molecular weight is 1980 g/mol. The second-order valence-corrected chi connectivity index (χ2v) is 50.2. The Bertz CT molecular complexity index is 4960. The number of esters is 1. The van der Waals surface area contributed by atoms with Gasteiger partial charge in [-0.3, -0.25) is 24.4 Å². The lowest BCUT2D eigenvalue weighted by molar-refractivity contribution is -0.152. The van der Waals surface area contributed by atoms with E-state index in [2.05, 4.69) is 376 Å². The number of pyridine rings is 2. The lowest BCUT2D eigenvalue weighted by atomic mass is 9.85. The summed E-state index contributed by atoms with van der Waals surface area (Å²) in [6.45, 7) is 110. The molecular weight excluding hydrogens is 1790 g/mol. The smallest absolute Gasteiger partial charge is 0.311 e. The van der Waals surface area contributed by atoms with Crippen LogP contribution in [0.25, 0.3) is 0 Å². The molecule has 0 fully saturated rings. The normalized spacial score (nSPS) is 12.1. The van der Waals surface area contributed by atoms with Crippen molar-refractivity contribution in [2.24, 2.45) is 28.3 Å². The number of hydrogen-bond acceptors (Lipinski definition) is 19. The van der Waals surface area contributed by atoms with Gasteiger partial charge >= 0.3 is 5.97 Å². The summed E-state index contributed by atoms with van der Waals surface area (Å²) in [5, 5.41) is 15.3. The van der Waals surface area contributed by atoms with Crippen LogP contribution in [0.4, 0.5) is 8.78 Å². The van der Waals surface area contributed by atoms with E-state index in [0.29, 0.717) is 46.8 Å². The predicted octanol–water partition coefficient (Wildman–Crippen LogP) is 32.5. The number of aryl methyl sites for hydroxylation is 8. The average Bonchev–Trinajstić information content (AvgIpc) is 1.83. The van der Waals surface area contributed by atoms with E-state index in [4.69, 9.17) is 27.8 Å². The summed E-state index contributed by atoms with van der Waals surface area (Å²) in [6, 6.07) is 39.3. The van der Waals surface area contributed by atoms with Crippen molar-refractivity contribution >= 4 is 11.9 Å². The summed E-state index contributed by atoms with van der Waals surface area (Å²) < 4.78 is 57.5. The van der Waals surface area contributed by atoms with Crippen LogP contribution in [0, 0.1) is 76.3 Å². The minimum atomic E-state index is -0.351. The van der Waals surface area contributed by atoms with E-state index in [1.807, 2.05) is 158 Å². The Balaban J connectivity index is -0.00000148. The maximum absolute atomic E-state index is 13.0. The van der Waals surface area contributed by atoms with Gasteiger partial charge in [-0.05, 0) is 218 Å².